The molecule has 1 atom stereocenters. The molecule has 0 spiro atoms. The Hall–Kier alpha value is -1.01. The van der Waals surface area contributed by atoms with Crippen molar-refractivity contribution in [2.24, 2.45) is 5.84 Å². The van der Waals surface area contributed by atoms with Crippen LogP contribution in [0.15, 0.2) is 23.6 Å². The molecule has 2 rings (SSSR count). The number of nitrogens with one attached hydrogen (secondary N) is 1. The van der Waals surface area contributed by atoms with Gasteiger partial charge in [0, 0.05) is 17.5 Å². The summed E-state index contributed by atoms with van der Waals surface area (Å²) >= 11 is 7.22. The van der Waals surface area contributed by atoms with Gasteiger partial charge in [-0.1, -0.05) is 17.7 Å². The highest BCUT2D eigenvalue weighted by Crippen LogP contribution is 2.23. The van der Waals surface area contributed by atoms with Crippen LogP contribution in [0.4, 0.5) is 4.39 Å². The minimum Gasteiger partial charge on any atom is -0.271 e. The highest BCUT2D eigenvalue weighted by Gasteiger charge is 2.14. The Bertz CT molecular complexity index is 544. The van der Waals surface area contributed by atoms with Gasteiger partial charge in [-0.05, 0) is 24.6 Å². The van der Waals surface area contributed by atoms with Crippen molar-refractivity contribution in [2.75, 3.05) is 0 Å². The summed E-state index contributed by atoms with van der Waals surface area (Å²) in [7, 11) is 0. The van der Waals surface area contributed by atoms with Gasteiger partial charge in [-0.3, -0.25) is 11.3 Å². The molecule has 0 saturated carbocycles. The lowest BCUT2D eigenvalue weighted by atomic mass is 10.0. The van der Waals surface area contributed by atoms with Crippen molar-refractivity contribution in [2.45, 2.75) is 19.4 Å². The molecule has 3 N–H and O–H groups in total. The second-order valence-electron chi connectivity index (χ2n) is 3.98. The van der Waals surface area contributed by atoms with Crippen molar-refractivity contribution in [1.82, 2.24) is 10.4 Å². The number of nitrogens with two attached hydrogens (primary N) is 1. The van der Waals surface area contributed by atoms with Crippen LogP contribution < -0.4 is 11.3 Å². The fraction of sp³-hybridized carbons (Fsp3) is 0.250. The molecule has 1 unspecified atom stereocenters. The summed E-state index contributed by atoms with van der Waals surface area (Å²) in [6, 6.07) is 4.51. The normalized spacial score (nSPS) is 12.7. The first-order valence-electron chi connectivity index (χ1n) is 5.42. The molecule has 2 aromatic rings. The van der Waals surface area contributed by atoms with Gasteiger partial charge < -0.3 is 0 Å². The van der Waals surface area contributed by atoms with Crippen LogP contribution in [0.3, 0.4) is 0 Å². The first-order valence-corrected chi connectivity index (χ1v) is 6.68. The topological polar surface area (TPSA) is 50.9 Å². The molecule has 18 heavy (non-hydrogen) atoms. The van der Waals surface area contributed by atoms with Crippen LogP contribution in [0.5, 0.6) is 0 Å². The number of benzene rings is 1. The van der Waals surface area contributed by atoms with E-state index >= 15 is 0 Å². The van der Waals surface area contributed by atoms with Crippen LogP contribution in [-0.2, 0) is 6.42 Å². The van der Waals surface area contributed by atoms with Gasteiger partial charge >= 0.3 is 0 Å². The number of hydrazine groups is 1. The first-order chi connectivity index (χ1) is 8.60. The molecule has 3 nitrogen and oxygen atoms in total. The molecular weight excluding hydrogens is 273 g/mol. The zero-order valence-electron chi connectivity index (χ0n) is 9.78. The summed E-state index contributed by atoms with van der Waals surface area (Å²) in [5, 5.41) is 3.05. The van der Waals surface area contributed by atoms with Crippen LogP contribution in [0.2, 0.25) is 5.02 Å². The standard InChI is InChI=1S/C12H13ClFN3S/c1-7-6-18-12(16-7)5-11(17-15)8-2-3-9(13)10(14)4-8/h2-4,6,11,17H,5,15H2,1H3. The molecule has 1 heterocycles. The summed E-state index contributed by atoms with van der Waals surface area (Å²) in [4.78, 5) is 4.37. The van der Waals surface area contributed by atoms with Gasteiger partial charge in [0.05, 0.1) is 16.1 Å². The quantitative estimate of drug-likeness (QED) is 0.671. The smallest absolute Gasteiger partial charge is 0.142 e. The van der Waals surface area contributed by atoms with Crippen molar-refractivity contribution >= 4 is 22.9 Å². The lowest BCUT2D eigenvalue weighted by molar-refractivity contribution is 0.543. The maximum atomic E-state index is 13.4. The Labute approximate surface area is 114 Å². The molecule has 1 aromatic carbocycles. The third-order valence-corrected chi connectivity index (χ3v) is 3.89. The predicted molar refractivity (Wildman–Crippen MR) is 72.0 cm³/mol. The molecule has 0 saturated heterocycles. The average Bonchev–Trinajstić information content (AvgIpc) is 2.75. The fourth-order valence-corrected chi connectivity index (χ4v) is 2.61. The number of hydrogen-bond acceptors (Lipinski definition) is 4. The first kappa shape index (κ1) is 13.4. The van der Waals surface area contributed by atoms with E-state index in [0.717, 1.165) is 16.3 Å². The van der Waals surface area contributed by atoms with Crippen LogP contribution in [-0.4, -0.2) is 4.98 Å². The molecule has 1 aromatic heterocycles. The van der Waals surface area contributed by atoms with E-state index in [1.807, 2.05) is 12.3 Å². The van der Waals surface area contributed by atoms with Gasteiger partial charge in [0.1, 0.15) is 5.82 Å². The van der Waals surface area contributed by atoms with E-state index in [9.17, 15) is 4.39 Å². The van der Waals surface area contributed by atoms with Crippen molar-refractivity contribution in [3.8, 4) is 0 Å². The second-order valence-corrected chi connectivity index (χ2v) is 5.33. The summed E-state index contributed by atoms with van der Waals surface area (Å²) < 4.78 is 13.4. The molecule has 0 fully saturated rings. The number of aryl methyl sites for hydroxylation is 1. The maximum Gasteiger partial charge on any atom is 0.142 e. The molecule has 0 aliphatic carbocycles. The van der Waals surface area contributed by atoms with Gasteiger partial charge in [0.2, 0.25) is 0 Å². The lowest BCUT2D eigenvalue weighted by Crippen LogP contribution is -2.29. The van der Waals surface area contributed by atoms with Crippen LogP contribution in [0.25, 0.3) is 0 Å². The Morgan fingerprint density at radius 2 is 2.33 bits per heavy atom. The van der Waals surface area contributed by atoms with Crippen molar-refractivity contribution < 1.29 is 4.39 Å². The van der Waals surface area contributed by atoms with Gasteiger partial charge in [-0.25, -0.2) is 9.37 Å². The number of hydrogen-bond donors (Lipinski definition) is 2. The third kappa shape index (κ3) is 3.05. The Morgan fingerprint density at radius 1 is 1.56 bits per heavy atom. The molecule has 0 aliphatic rings. The van der Waals surface area contributed by atoms with Crippen LogP contribution >= 0.6 is 22.9 Å². The lowest BCUT2D eigenvalue weighted by Gasteiger charge is -2.15. The third-order valence-electron chi connectivity index (χ3n) is 2.59. The fourth-order valence-electron chi connectivity index (χ4n) is 1.67. The van der Waals surface area contributed by atoms with E-state index in [2.05, 4.69) is 10.4 Å². The van der Waals surface area contributed by atoms with E-state index in [4.69, 9.17) is 17.4 Å². The van der Waals surface area contributed by atoms with E-state index in [-0.39, 0.29) is 11.1 Å². The minimum atomic E-state index is -0.440. The Morgan fingerprint density at radius 3 is 2.89 bits per heavy atom. The number of rotatable bonds is 4. The number of halogens is 2. The summed E-state index contributed by atoms with van der Waals surface area (Å²) in [5.74, 6) is 5.08. The van der Waals surface area contributed by atoms with E-state index < -0.39 is 5.82 Å². The van der Waals surface area contributed by atoms with E-state index in [1.165, 1.54) is 12.1 Å². The molecule has 0 radical (unpaired) electrons. The van der Waals surface area contributed by atoms with E-state index in [1.54, 1.807) is 17.4 Å². The SMILES string of the molecule is Cc1csc(CC(NN)c2ccc(Cl)c(F)c2)n1. The second kappa shape index (κ2) is 5.75. The zero-order chi connectivity index (χ0) is 13.1. The van der Waals surface area contributed by atoms with Crippen molar-refractivity contribution in [3.05, 3.63) is 50.7 Å². The molecular formula is C12H13ClFN3S. The van der Waals surface area contributed by atoms with Crippen LogP contribution in [0.1, 0.15) is 22.3 Å². The van der Waals surface area contributed by atoms with Gasteiger partial charge in [-0.15, -0.1) is 11.3 Å². The predicted octanol–water partition coefficient (Wildman–Crippen LogP) is 2.99. The summed E-state index contributed by atoms with van der Waals surface area (Å²) in [5.41, 5.74) is 4.42. The molecule has 0 amide bonds. The highest BCUT2D eigenvalue weighted by molar-refractivity contribution is 7.09. The van der Waals surface area contributed by atoms with Gasteiger partial charge in [0.15, 0.2) is 0 Å². The number of nitrogens with zero attached hydrogens (tertiary/aromatic N) is 1. The largest absolute Gasteiger partial charge is 0.271 e. The molecule has 0 aliphatic heterocycles. The molecule has 0 bridgehead atoms. The zero-order valence-corrected chi connectivity index (χ0v) is 11.4. The number of aromatic nitrogens is 1. The van der Waals surface area contributed by atoms with Gasteiger partial charge in [-0.2, -0.15) is 0 Å². The van der Waals surface area contributed by atoms with Crippen molar-refractivity contribution in [3.63, 3.8) is 0 Å². The van der Waals surface area contributed by atoms with Crippen LogP contribution in [0, 0.1) is 12.7 Å². The molecule has 96 valence electrons. The minimum absolute atomic E-state index is 0.111. The average molecular weight is 286 g/mol. The number of thiazole rings is 1. The summed E-state index contributed by atoms with van der Waals surface area (Å²) in [6.45, 7) is 1.94. The van der Waals surface area contributed by atoms with E-state index in [0.29, 0.717) is 6.42 Å². The maximum absolute atomic E-state index is 13.4. The Kier molecular flexibility index (Phi) is 4.29. The summed E-state index contributed by atoms with van der Waals surface area (Å²) in [6.07, 6.45) is 0.621. The monoisotopic (exact) mass is 285 g/mol. The Balaban J connectivity index is 2.19. The molecule has 6 heteroatoms. The van der Waals surface area contributed by atoms with Crippen molar-refractivity contribution in [1.29, 1.82) is 0 Å². The van der Waals surface area contributed by atoms with Gasteiger partial charge in [0.25, 0.3) is 0 Å². The highest BCUT2D eigenvalue weighted by atomic mass is 35.5.